The number of pyridine rings is 1. The van der Waals surface area contributed by atoms with Crippen LogP contribution in [0.15, 0.2) is 64.7 Å². The molecule has 1 atom stereocenters. The van der Waals surface area contributed by atoms with Gasteiger partial charge in [-0.05, 0) is 35.9 Å². The highest BCUT2D eigenvalue weighted by Gasteiger charge is 2.25. The van der Waals surface area contributed by atoms with Gasteiger partial charge < -0.3 is 4.74 Å². The summed E-state index contributed by atoms with van der Waals surface area (Å²) in [6, 6.07) is 13.9. The van der Waals surface area contributed by atoms with Crippen molar-refractivity contribution in [1.82, 2.24) is 20.0 Å². The Balaban J connectivity index is 1.64. The molecule has 1 unspecified atom stereocenters. The lowest BCUT2D eigenvalue weighted by Gasteiger charge is -2.19. The summed E-state index contributed by atoms with van der Waals surface area (Å²) >= 11 is 0. The van der Waals surface area contributed by atoms with Gasteiger partial charge in [0.15, 0.2) is 12.0 Å². The van der Waals surface area contributed by atoms with E-state index >= 15 is 0 Å². The zero-order chi connectivity index (χ0) is 21.4. The minimum Gasteiger partial charge on any atom is -0.424 e. The largest absolute Gasteiger partial charge is 0.424 e. The summed E-state index contributed by atoms with van der Waals surface area (Å²) in [4.78, 5) is 8.58. The number of hydrogen-bond donors (Lipinski definition) is 0. The number of hydrogen-bond acceptors (Lipinski definition) is 6. The lowest BCUT2D eigenvalue weighted by Crippen LogP contribution is -2.38. The van der Waals surface area contributed by atoms with Crippen LogP contribution >= 0.6 is 0 Å². The Kier molecular flexibility index (Phi) is 4.48. The third-order valence-corrected chi connectivity index (χ3v) is 4.79. The molecule has 5 rings (SSSR count). The maximum atomic E-state index is 14.4. The zero-order valence-electron chi connectivity index (χ0n) is 16.4. The van der Waals surface area contributed by atoms with Crippen molar-refractivity contribution >= 4 is 23.8 Å². The Bertz CT molecular complexity index is 1320. The SMILES string of the molecule is C[N+]1(COc2nc3c(cc2-c2ccc(F)cc2)nnn3-c2ccccc2F)C=NC=N1. The summed E-state index contributed by atoms with van der Waals surface area (Å²) in [7, 11) is 1.81. The molecule has 0 N–H and O–H groups in total. The second-order valence-electron chi connectivity index (χ2n) is 7.13. The van der Waals surface area contributed by atoms with Crippen LogP contribution in [0.2, 0.25) is 0 Å². The van der Waals surface area contributed by atoms with Crippen LogP contribution in [-0.4, -0.2) is 51.0 Å². The zero-order valence-corrected chi connectivity index (χ0v) is 16.4. The number of aliphatic imine (C=N–C) groups is 1. The van der Waals surface area contributed by atoms with Crippen molar-refractivity contribution in [2.24, 2.45) is 10.1 Å². The first-order valence-corrected chi connectivity index (χ1v) is 9.36. The lowest BCUT2D eigenvalue weighted by atomic mass is 10.1. The smallest absolute Gasteiger partial charge is 0.254 e. The highest BCUT2D eigenvalue weighted by molar-refractivity contribution is 5.82. The van der Waals surface area contributed by atoms with Crippen molar-refractivity contribution in [3.8, 4) is 22.7 Å². The molecule has 0 saturated heterocycles. The fourth-order valence-corrected chi connectivity index (χ4v) is 3.18. The molecule has 4 aromatic rings. The summed E-state index contributed by atoms with van der Waals surface area (Å²) in [5.74, 6) is -0.554. The Morgan fingerprint density at radius 1 is 1.06 bits per heavy atom. The van der Waals surface area contributed by atoms with Crippen LogP contribution in [0.4, 0.5) is 8.78 Å². The van der Waals surface area contributed by atoms with Gasteiger partial charge in [-0.15, -0.1) is 9.69 Å². The number of aromatic nitrogens is 4. The number of halogens is 2. The van der Waals surface area contributed by atoms with Crippen LogP contribution in [-0.2, 0) is 0 Å². The molecule has 3 heterocycles. The first-order valence-electron chi connectivity index (χ1n) is 9.36. The van der Waals surface area contributed by atoms with Crippen LogP contribution in [0.5, 0.6) is 5.88 Å². The molecular weight excluding hydrogens is 404 g/mol. The van der Waals surface area contributed by atoms with Crippen LogP contribution in [0, 0.1) is 11.6 Å². The topological polar surface area (TPSA) is 77.5 Å². The Morgan fingerprint density at radius 2 is 1.87 bits per heavy atom. The van der Waals surface area contributed by atoms with E-state index in [-0.39, 0.29) is 28.7 Å². The van der Waals surface area contributed by atoms with Gasteiger partial charge in [0.2, 0.25) is 12.2 Å². The number of benzene rings is 2. The number of ether oxygens (including phenoxy) is 1. The second-order valence-corrected chi connectivity index (χ2v) is 7.13. The molecule has 1 aliphatic rings. The summed E-state index contributed by atoms with van der Waals surface area (Å²) < 4.78 is 35.2. The highest BCUT2D eigenvalue weighted by atomic mass is 19.1. The predicted octanol–water partition coefficient (Wildman–Crippen LogP) is 3.53. The van der Waals surface area contributed by atoms with Gasteiger partial charge in [0, 0.05) is 5.56 Å². The normalized spacial score (nSPS) is 17.5. The molecule has 0 aliphatic carbocycles. The van der Waals surface area contributed by atoms with E-state index in [1.807, 2.05) is 7.05 Å². The number of rotatable bonds is 5. The molecule has 0 radical (unpaired) electrons. The van der Waals surface area contributed by atoms with Crippen molar-refractivity contribution in [1.29, 1.82) is 0 Å². The van der Waals surface area contributed by atoms with Crippen molar-refractivity contribution < 1.29 is 18.1 Å². The molecule has 10 heteroatoms. The Labute approximate surface area is 175 Å². The van der Waals surface area contributed by atoms with Crippen molar-refractivity contribution in [2.75, 3.05) is 13.8 Å². The second kappa shape index (κ2) is 7.33. The number of quaternary nitrogens is 1. The molecule has 0 bridgehead atoms. The first kappa shape index (κ1) is 18.9. The van der Waals surface area contributed by atoms with Crippen molar-refractivity contribution in [3.05, 3.63) is 66.2 Å². The van der Waals surface area contributed by atoms with Gasteiger partial charge in [-0.25, -0.2) is 8.78 Å². The molecule has 0 spiro atoms. The van der Waals surface area contributed by atoms with Crippen molar-refractivity contribution in [3.63, 3.8) is 0 Å². The van der Waals surface area contributed by atoms with E-state index in [1.54, 1.807) is 42.7 Å². The van der Waals surface area contributed by atoms with Crippen LogP contribution in [0.25, 0.3) is 28.0 Å². The van der Waals surface area contributed by atoms with E-state index < -0.39 is 5.82 Å². The molecule has 0 fully saturated rings. The maximum absolute atomic E-state index is 14.4. The van der Waals surface area contributed by atoms with E-state index in [9.17, 15) is 8.78 Å². The van der Waals surface area contributed by atoms with Crippen LogP contribution < -0.4 is 4.74 Å². The quantitative estimate of drug-likeness (QED) is 0.463. The summed E-state index contributed by atoms with van der Waals surface area (Å²) in [6.07, 6.45) is 3.07. The van der Waals surface area contributed by atoms with Gasteiger partial charge in [-0.1, -0.05) is 34.6 Å². The monoisotopic (exact) mass is 420 g/mol. The molecule has 8 nitrogen and oxygen atoms in total. The summed E-state index contributed by atoms with van der Waals surface area (Å²) in [5.41, 5.74) is 2.27. The molecule has 2 aromatic heterocycles. The standard InChI is InChI=1S/C21H16F2N7O/c1-30(12-24-11-25-30)13-31-21-16(14-6-8-15(22)9-7-14)10-18-20(26-21)29(28-27-18)19-5-3-2-4-17(19)23/h2-12H,13H2,1H3/q+1. The number of nitrogens with zero attached hydrogens (tertiary/aromatic N) is 7. The molecule has 31 heavy (non-hydrogen) atoms. The van der Waals surface area contributed by atoms with E-state index in [0.717, 1.165) is 0 Å². The maximum Gasteiger partial charge on any atom is 0.254 e. The third-order valence-electron chi connectivity index (χ3n) is 4.79. The highest BCUT2D eigenvalue weighted by Crippen LogP contribution is 2.32. The van der Waals surface area contributed by atoms with Gasteiger partial charge in [0.25, 0.3) is 6.73 Å². The van der Waals surface area contributed by atoms with E-state index in [1.165, 1.54) is 29.2 Å². The molecule has 1 aliphatic heterocycles. The fraction of sp³-hybridized carbons (Fsp3) is 0.0952. The van der Waals surface area contributed by atoms with Gasteiger partial charge in [-0.3, -0.25) is 0 Å². The van der Waals surface area contributed by atoms with E-state index in [0.29, 0.717) is 22.3 Å². The molecule has 0 amide bonds. The number of para-hydroxylation sites is 1. The Morgan fingerprint density at radius 3 is 2.61 bits per heavy atom. The van der Waals surface area contributed by atoms with Crippen molar-refractivity contribution in [2.45, 2.75) is 0 Å². The molecule has 0 saturated carbocycles. The average molecular weight is 420 g/mol. The van der Waals surface area contributed by atoms with Crippen LogP contribution in [0.3, 0.4) is 0 Å². The van der Waals surface area contributed by atoms with E-state index in [4.69, 9.17) is 4.74 Å². The fourth-order valence-electron chi connectivity index (χ4n) is 3.18. The first-order chi connectivity index (χ1) is 15.0. The third kappa shape index (κ3) is 3.53. The predicted molar refractivity (Wildman–Crippen MR) is 111 cm³/mol. The van der Waals surface area contributed by atoms with E-state index in [2.05, 4.69) is 25.4 Å². The minimum absolute atomic E-state index is 0.0768. The average Bonchev–Trinajstić information content (AvgIpc) is 3.39. The molecular formula is C21H16F2N7O+. The van der Waals surface area contributed by atoms with Gasteiger partial charge in [0.1, 0.15) is 29.9 Å². The number of fused-ring (bicyclic) bond motifs is 1. The van der Waals surface area contributed by atoms with Gasteiger partial charge >= 0.3 is 0 Å². The molecule has 2 aromatic carbocycles. The van der Waals surface area contributed by atoms with Gasteiger partial charge in [0.05, 0.1) is 0 Å². The lowest BCUT2D eigenvalue weighted by molar-refractivity contribution is -0.836. The van der Waals surface area contributed by atoms with Crippen LogP contribution in [0.1, 0.15) is 0 Å². The summed E-state index contributed by atoms with van der Waals surface area (Å²) in [5, 5.41) is 12.4. The Hall–Kier alpha value is -4.05. The van der Waals surface area contributed by atoms with Gasteiger partial charge in [-0.2, -0.15) is 14.7 Å². The minimum atomic E-state index is -0.457. The summed E-state index contributed by atoms with van der Waals surface area (Å²) in [6.45, 7) is 0.119. The molecule has 154 valence electrons.